The Hall–Kier alpha value is -2.27. The lowest BCUT2D eigenvalue weighted by molar-refractivity contribution is -0.123. The van der Waals surface area contributed by atoms with Gasteiger partial charge in [0.05, 0.1) is 36.3 Å². The van der Waals surface area contributed by atoms with E-state index >= 15 is 0 Å². The molecule has 0 saturated carbocycles. The maximum atomic E-state index is 13.5. The van der Waals surface area contributed by atoms with Gasteiger partial charge in [-0.25, -0.2) is 4.98 Å². The zero-order chi connectivity index (χ0) is 22.2. The van der Waals surface area contributed by atoms with Gasteiger partial charge in [0, 0.05) is 25.9 Å². The molecule has 2 aromatic heterocycles. The number of pyridine rings is 1. The first-order chi connectivity index (χ1) is 15.5. The summed E-state index contributed by atoms with van der Waals surface area (Å²) in [5, 5.41) is 0. The van der Waals surface area contributed by atoms with Gasteiger partial charge >= 0.3 is 0 Å². The summed E-state index contributed by atoms with van der Waals surface area (Å²) in [5.74, 6) is 0.392. The second kappa shape index (κ2) is 8.93. The molecule has 3 saturated heterocycles. The van der Waals surface area contributed by atoms with Crippen LogP contribution in [0.15, 0.2) is 28.0 Å². The third-order valence-electron chi connectivity index (χ3n) is 5.86. The van der Waals surface area contributed by atoms with Gasteiger partial charge in [0.2, 0.25) is 0 Å². The smallest absolute Gasteiger partial charge is 0.267 e. The van der Waals surface area contributed by atoms with E-state index in [4.69, 9.17) is 26.7 Å². The van der Waals surface area contributed by atoms with Gasteiger partial charge in [0.15, 0.2) is 0 Å². The number of thioether (sulfide) groups is 1. The number of thiocarbonyl (C=S) groups is 1. The predicted octanol–water partition coefficient (Wildman–Crippen LogP) is 2.22. The van der Waals surface area contributed by atoms with Crippen molar-refractivity contribution in [2.45, 2.75) is 25.9 Å². The highest BCUT2D eigenvalue weighted by molar-refractivity contribution is 8.26. The third kappa shape index (κ3) is 4.07. The van der Waals surface area contributed by atoms with Gasteiger partial charge in [0.1, 0.15) is 15.8 Å². The fraction of sp³-hybridized carbons (Fsp3) is 0.455. The maximum absolute atomic E-state index is 13.5. The number of hydrogen-bond acceptors (Lipinski definition) is 8. The third-order valence-corrected chi connectivity index (χ3v) is 7.23. The van der Waals surface area contributed by atoms with Crippen LogP contribution >= 0.6 is 24.0 Å². The Kier molecular flexibility index (Phi) is 6.02. The number of aryl methyl sites for hydroxylation is 1. The van der Waals surface area contributed by atoms with Gasteiger partial charge in [-0.3, -0.25) is 18.9 Å². The molecule has 0 N–H and O–H groups in total. The van der Waals surface area contributed by atoms with Gasteiger partial charge < -0.3 is 14.4 Å². The molecular formula is C22H24N4O4S2. The molecule has 168 valence electrons. The molecule has 0 radical (unpaired) electrons. The van der Waals surface area contributed by atoms with E-state index in [0.717, 1.165) is 25.0 Å². The summed E-state index contributed by atoms with van der Waals surface area (Å²) < 4.78 is 13.2. The summed E-state index contributed by atoms with van der Waals surface area (Å²) >= 11 is 6.70. The summed E-state index contributed by atoms with van der Waals surface area (Å²) in [5.41, 5.74) is 1.72. The van der Waals surface area contributed by atoms with Crippen molar-refractivity contribution in [2.75, 3.05) is 44.4 Å². The van der Waals surface area contributed by atoms with Crippen molar-refractivity contribution >= 4 is 51.7 Å². The molecule has 0 aliphatic carbocycles. The van der Waals surface area contributed by atoms with Crippen LogP contribution in [0.5, 0.6) is 0 Å². The number of carbonyl (C=O) groups excluding carboxylic acids is 1. The lowest BCUT2D eigenvalue weighted by Crippen LogP contribution is -2.38. The van der Waals surface area contributed by atoms with Gasteiger partial charge in [-0.2, -0.15) is 0 Å². The minimum atomic E-state index is -0.204. The summed E-state index contributed by atoms with van der Waals surface area (Å²) in [7, 11) is 0. The summed E-state index contributed by atoms with van der Waals surface area (Å²) in [6.45, 7) is 5.50. The number of anilines is 1. The summed E-state index contributed by atoms with van der Waals surface area (Å²) in [6.07, 6.45) is 5.36. The largest absolute Gasteiger partial charge is 0.378 e. The van der Waals surface area contributed by atoms with E-state index in [2.05, 4.69) is 0 Å². The molecule has 0 bridgehead atoms. The molecule has 5 rings (SSSR count). The topological polar surface area (TPSA) is 76.4 Å². The number of aromatic nitrogens is 2. The van der Waals surface area contributed by atoms with Crippen LogP contribution in [-0.2, 0) is 14.3 Å². The van der Waals surface area contributed by atoms with Crippen LogP contribution in [0.25, 0.3) is 11.7 Å². The molecule has 2 aromatic rings. The predicted molar refractivity (Wildman–Crippen MR) is 128 cm³/mol. The van der Waals surface area contributed by atoms with Crippen LogP contribution in [0.4, 0.5) is 5.82 Å². The maximum Gasteiger partial charge on any atom is 0.267 e. The Balaban J connectivity index is 1.57. The highest BCUT2D eigenvalue weighted by Crippen LogP contribution is 2.34. The fourth-order valence-corrected chi connectivity index (χ4v) is 5.43. The van der Waals surface area contributed by atoms with Crippen molar-refractivity contribution in [1.29, 1.82) is 0 Å². The highest BCUT2D eigenvalue weighted by Gasteiger charge is 2.35. The Morgan fingerprint density at radius 2 is 2.06 bits per heavy atom. The molecule has 32 heavy (non-hydrogen) atoms. The zero-order valence-electron chi connectivity index (χ0n) is 17.8. The number of rotatable bonds is 4. The molecule has 0 aromatic carbocycles. The van der Waals surface area contributed by atoms with E-state index in [1.165, 1.54) is 16.2 Å². The Bertz CT molecular complexity index is 1170. The molecule has 1 amide bonds. The number of nitrogens with zero attached hydrogens (tertiary/aromatic N) is 4. The lowest BCUT2D eigenvalue weighted by atomic mass is 10.2. The molecule has 8 nitrogen and oxygen atoms in total. The Morgan fingerprint density at radius 3 is 2.81 bits per heavy atom. The molecule has 3 fully saturated rings. The molecule has 3 aliphatic rings. The van der Waals surface area contributed by atoms with E-state index in [1.807, 2.05) is 24.0 Å². The quantitative estimate of drug-likeness (QED) is 0.495. The van der Waals surface area contributed by atoms with Crippen LogP contribution < -0.4 is 10.5 Å². The average molecular weight is 473 g/mol. The van der Waals surface area contributed by atoms with E-state index in [9.17, 15) is 9.59 Å². The molecule has 0 unspecified atom stereocenters. The second-order valence-electron chi connectivity index (χ2n) is 8.12. The molecule has 0 spiro atoms. The highest BCUT2D eigenvalue weighted by atomic mass is 32.2. The number of amides is 1. The zero-order valence-corrected chi connectivity index (χ0v) is 19.4. The standard InChI is InChI=1S/C22H24N4O4S2/c1-14-4-5-18-23-19(24-6-9-29-10-7-24)16(20(27)25(18)12-14)11-17-21(28)26(22(31)32-17)13-15-3-2-8-30-15/h4-5,11-12,15H,2-3,6-10,13H2,1H3/b17-11-/t15-/m1/s1. The fourth-order valence-electron chi connectivity index (χ4n) is 4.17. The number of morpholine rings is 1. The van der Waals surface area contributed by atoms with Crippen molar-refractivity contribution in [3.63, 3.8) is 0 Å². The van der Waals surface area contributed by atoms with Crippen molar-refractivity contribution in [1.82, 2.24) is 14.3 Å². The van der Waals surface area contributed by atoms with Crippen LogP contribution in [0.1, 0.15) is 24.0 Å². The molecular weight excluding hydrogens is 448 g/mol. The monoisotopic (exact) mass is 472 g/mol. The van der Waals surface area contributed by atoms with Crippen LogP contribution in [0.3, 0.4) is 0 Å². The number of carbonyl (C=O) groups is 1. The average Bonchev–Trinajstić information content (AvgIpc) is 3.40. The molecule has 10 heteroatoms. The van der Waals surface area contributed by atoms with Crippen molar-refractivity contribution < 1.29 is 14.3 Å². The molecule has 1 atom stereocenters. The van der Waals surface area contributed by atoms with Crippen LogP contribution in [0, 0.1) is 6.92 Å². The summed E-state index contributed by atoms with van der Waals surface area (Å²) in [6, 6.07) is 3.77. The van der Waals surface area contributed by atoms with Gasteiger partial charge in [0.25, 0.3) is 11.5 Å². The van der Waals surface area contributed by atoms with E-state index in [0.29, 0.717) is 59.1 Å². The lowest BCUT2D eigenvalue weighted by Gasteiger charge is -2.29. The summed E-state index contributed by atoms with van der Waals surface area (Å²) in [4.78, 5) is 35.5. The van der Waals surface area contributed by atoms with Crippen molar-refractivity contribution in [3.8, 4) is 0 Å². The van der Waals surface area contributed by atoms with E-state index < -0.39 is 0 Å². The van der Waals surface area contributed by atoms with E-state index in [1.54, 1.807) is 17.2 Å². The van der Waals surface area contributed by atoms with Gasteiger partial charge in [-0.1, -0.05) is 30.0 Å². The minimum Gasteiger partial charge on any atom is -0.378 e. The first-order valence-electron chi connectivity index (χ1n) is 10.7. The van der Waals surface area contributed by atoms with Crippen molar-refractivity contribution in [3.05, 3.63) is 44.7 Å². The van der Waals surface area contributed by atoms with Crippen LogP contribution in [0.2, 0.25) is 0 Å². The molecule has 3 aliphatic heterocycles. The molecule has 5 heterocycles. The number of hydrogen-bond donors (Lipinski definition) is 0. The van der Waals surface area contributed by atoms with E-state index in [-0.39, 0.29) is 17.6 Å². The minimum absolute atomic E-state index is 0.0108. The normalized spacial score (nSPS) is 23.2. The second-order valence-corrected chi connectivity index (χ2v) is 9.79. The SMILES string of the molecule is Cc1ccc2nc(N3CCOCC3)c(/C=C3\SC(=S)N(C[C@H]4CCCO4)C3=O)c(=O)n2c1. The Morgan fingerprint density at radius 1 is 1.25 bits per heavy atom. The van der Waals surface area contributed by atoms with Gasteiger partial charge in [-0.15, -0.1) is 0 Å². The van der Waals surface area contributed by atoms with Crippen LogP contribution in [-0.4, -0.2) is 70.1 Å². The number of ether oxygens (including phenoxy) is 2. The first kappa shape index (κ1) is 21.6. The van der Waals surface area contributed by atoms with Crippen molar-refractivity contribution in [2.24, 2.45) is 0 Å². The number of fused-ring (bicyclic) bond motifs is 1. The Labute approximate surface area is 195 Å². The first-order valence-corrected chi connectivity index (χ1v) is 12.0. The van der Waals surface area contributed by atoms with Gasteiger partial charge in [-0.05, 0) is 37.5 Å².